The molecule has 0 aromatic rings. The molecule has 120 valence electrons. The number of nitrogens with two attached hydrogens (primary N) is 1. The zero-order valence-corrected chi connectivity index (χ0v) is 13.3. The zero-order valence-electron chi connectivity index (χ0n) is 12.5. The molecule has 2 aliphatic heterocycles. The van der Waals surface area contributed by atoms with Crippen LogP contribution in [0, 0.1) is 17.8 Å². The molecule has 2 unspecified atom stereocenters. The second-order valence-electron chi connectivity index (χ2n) is 7.42. The second kappa shape index (κ2) is 6.05. The maximum atomic E-state index is 12.6. The van der Waals surface area contributed by atoms with Crippen molar-refractivity contribution in [1.82, 2.24) is 5.32 Å². The first-order chi connectivity index (χ1) is 9.70. The van der Waals surface area contributed by atoms with Crippen LogP contribution in [-0.4, -0.2) is 30.2 Å². The van der Waals surface area contributed by atoms with Crippen molar-refractivity contribution in [3.05, 3.63) is 0 Å². The highest BCUT2D eigenvalue weighted by Crippen LogP contribution is 2.42. The highest BCUT2D eigenvalue weighted by molar-refractivity contribution is 5.85. The number of amides is 1. The van der Waals surface area contributed by atoms with Crippen LogP contribution >= 0.6 is 12.4 Å². The van der Waals surface area contributed by atoms with E-state index in [4.69, 9.17) is 10.5 Å². The van der Waals surface area contributed by atoms with Gasteiger partial charge >= 0.3 is 0 Å². The fraction of sp³-hybridized carbons (Fsp3) is 0.938. The fourth-order valence-corrected chi connectivity index (χ4v) is 5.09. The Morgan fingerprint density at radius 2 is 1.76 bits per heavy atom. The predicted octanol–water partition coefficient (Wildman–Crippen LogP) is 2.00. The van der Waals surface area contributed by atoms with E-state index in [2.05, 4.69) is 5.32 Å². The number of hydrogen-bond acceptors (Lipinski definition) is 3. The maximum Gasteiger partial charge on any atom is 0.223 e. The summed E-state index contributed by atoms with van der Waals surface area (Å²) in [6, 6.07) is 0.621. The third kappa shape index (κ3) is 2.82. The summed E-state index contributed by atoms with van der Waals surface area (Å²) >= 11 is 0. The number of carbonyl (C=O) groups excluding carboxylic acids is 1. The monoisotopic (exact) mass is 314 g/mol. The van der Waals surface area contributed by atoms with E-state index in [0.717, 1.165) is 25.7 Å². The van der Waals surface area contributed by atoms with E-state index < -0.39 is 0 Å². The number of halogens is 1. The lowest BCUT2D eigenvalue weighted by atomic mass is 9.65. The van der Waals surface area contributed by atoms with E-state index in [-0.39, 0.29) is 36.4 Å². The Hall–Kier alpha value is -0.320. The van der Waals surface area contributed by atoms with E-state index in [1.165, 1.54) is 25.7 Å². The summed E-state index contributed by atoms with van der Waals surface area (Å²) in [7, 11) is 0. The molecular weight excluding hydrogens is 288 g/mol. The summed E-state index contributed by atoms with van der Waals surface area (Å²) in [5.74, 6) is 1.63. The number of fused-ring (bicyclic) bond motifs is 4. The van der Waals surface area contributed by atoms with Crippen LogP contribution in [0.15, 0.2) is 0 Å². The molecule has 5 heteroatoms. The number of ether oxygens (including phenoxy) is 1. The van der Waals surface area contributed by atoms with Gasteiger partial charge in [-0.25, -0.2) is 0 Å². The molecule has 2 saturated heterocycles. The van der Waals surface area contributed by atoms with Gasteiger partial charge in [-0.1, -0.05) is 6.42 Å². The molecular formula is C16H27ClN2O2. The van der Waals surface area contributed by atoms with Gasteiger partial charge in [0.2, 0.25) is 5.91 Å². The molecule has 3 N–H and O–H groups in total. The first-order valence-corrected chi connectivity index (χ1v) is 8.42. The molecule has 5 atom stereocenters. The van der Waals surface area contributed by atoms with Crippen LogP contribution in [0.1, 0.15) is 51.4 Å². The Labute approximate surface area is 133 Å². The van der Waals surface area contributed by atoms with Crippen molar-refractivity contribution < 1.29 is 9.53 Å². The average molecular weight is 315 g/mol. The van der Waals surface area contributed by atoms with Gasteiger partial charge in [-0.15, -0.1) is 12.4 Å². The SMILES string of the molecule is Cl.NC1C2CCCC1CC(C(=O)N[C@@H]1C[C@H]3CC[C@@H]1O3)C2. The molecule has 21 heavy (non-hydrogen) atoms. The number of hydrogen-bond donors (Lipinski definition) is 2. The second-order valence-corrected chi connectivity index (χ2v) is 7.42. The smallest absolute Gasteiger partial charge is 0.223 e. The fourth-order valence-electron chi connectivity index (χ4n) is 5.09. The standard InChI is InChI=1S/C16H26N2O2.ClH/c17-15-9-2-1-3-10(15)7-11(6-9)16(19)18-13-8-12-4-5-14(13)20-12;/h9-15H,1-8,17H2,(H,18,19);1H/t9?,10?,11?,12-,13-,14+,15?;/m1./s1. The average Bonchev–Trinajstić information content (AvgIpc) is 3.00. The van der Waals surface area contributed by atoms with E-state index in [1.54, 1.807) is 0 Å². The van der Waals surface area contributed by atoms with E-state index in [0.29, 0.717) is 24.0 Å². The van der Waals surface area contributed by atoms with Crippen molar-refractivity contribution >= 4 is 18.3 Å². The highest BCUT2D eigenvalue weighted by Gasteiger charge is 2.44. The number of nitrogens with one attached hydrogen (secondary N) is 1. The van der Waals surface area contributed by atoms with Gasteiger partial charge in [0.1, 0.15) is 0 Å². The molecule has 2 saturated carbocycles. The van der Waals surface area contributed by atoms with Crippen molar-refractivity contribution in [2.75, 3.05) is 0 Å². The van der Waals surface area contributed by atoms with Gasteiger partial charge in [-0.05, 0) is 56.8 Å². The molecule has 0 aromatic heterocycles. The zero-order chi connectivity index (χ0) is 13.7. The molecule has 0 aromatic carbocycles. The molecule has 4 nitrogen and oxygen atoms in total. The van der Waals surface area contributed by atoms with Gasteiger partial charge in [-0.2, -0.15) is 0 Å². The third-order valence-corrected chi connectivity index (χ3v) is 6.22. The summed E-state index contributed by atoms with van der Waals surface area (Å²) in [5.41, 5.74) is 6.31. The van der Waals surface area contributed by atoms with Crippen molar-refractivity contribution in [2.45, 2.75) is 75.7 Å². The maximum absolute atomic E-state index is 12.6. The molecule has 0 spiro atoms. The molecule has 0 radical (unpaired) electrons. The number of carbonyl (C=O) groups is 1. The van der Waals surface area contributed by atoms with Gasteiger partial charge in [0.05, 0.1) is 18.2 Å². The Morgan fingerprint density at radius 3 is 2.33 bits per heavy atom. The van der Waals surface area contributed by atoms with Crippen LogP contribution < -0.4 is 11.1 Å². The Balaban J connectivity index is 0.00000132. The van der Waals surface area contributed by atoms with Crippen molar-refractivity contribution in [3.63, 3.8) is 0 Å². The van der Waals surface area contributed by atoms with Crippen molar-refractivity contribution in [2.24, 2.45) is 23.5 Å². The lowest BCUT2D eigenvalue weighted by molar-refractivity contribution is -0.129. The summed E-state index contributed by atoms with van der Waals surface area (Å²) in [5, 5.41) is 3.28. The van der Waals surface area contributed by atoms with Crippen LogP contribution in [0.25, 0.3) is 0 Å². The minimum atomic E-state index is 0. The summed E-state index contributed by atoms with van der Waals surface area (Å²) in [6.07, 6.45) is 9.77. The summed E-state index contributed by atoms with van der Waals surface area (Å²) in [6.45, 7) is 0. The first kappa shape index (κ1) is 15.6. The van der Waals surface area contributed by atoms with Gasteiger partial charge in [0.25, 0.3) is 0 Å². The highest BCUT2D eigenvalue weighted by atomic mass is 35.5. The van der Waals surface area contributed by atoms with Crippen LogP contribution in [-0.2, 0) is 9.53 Å². The quantitative estimate of drug-likeness (QED) is 0.819. The van der Waals surface area contributed by atoms with Crippen LogP contribution in [0.3, 0.4) is 0 Å². The van der Waals surface area contributed by atoms with E-state index >= 15 is 0 Å². The van der Waals surface area contributed by atoms with Crippen LogP contribution in [0.4, 0.5) is 0 Å². The molecule has 2 aliphatic carbocycles. The molecule has 4 fully saturated rings. The Morgan fingerprint density at radius 1 is 1.05 bits per heavy atom. The van der Waals surface area contributed by atoms with E-state index in [1.807, 2.05) is 0 Å². The van der Waals surface area contributed by atoms with Gasteiger partial charge in [0.15, 0.2) is 0 Å². The third-order valence-electron chi connectivity index (χ3n) is 6.22. The lowest BCUT2D eigenvalue weighted by Gasteiger charge is -2.43. The van der Waals surface area contributed by atoms with Crippen molar-refractivity contribution in [1.29, 1.82) is 0 Å². The minimum absolute atomic E-state index is 0. The molecule has 4 bridgehead atoms. The summed E-state index contributed by atoms with van der Waals surface area (Å²) < 4.78 is 5.83. The van der Waals surface area contributed by atoms with Gasteiger partial charge in [0, 0.05) is 12.0 Å². The Kier molecular flexibility index (Phi) is 4.49. The Bertz CT molecular complexity index is 392. The van der Waals surface area contributed by atoms with Crippen LogP contribution in [0.2, 0.25) is 0 Å². The van der Waals surface area contributed by atoms with Gasteiger partial charge < -0.3 is 15.8 Å². The van der Waals surface area contributed by atoms with Gasteiger partial charge in [-0.3, -0.25) is 4.79 Å². The largest absolute Gasteiger partial charge is 0.373 e. The van der Waals surface area contributed by atoms with Crippen LogP contribution in [0.5, 0.6) is 0 Å². The summed E-state index contributed by atoms with van der Waals surface area (Å²) in [4.78, 5) is 12.6. The normalized spacial score (nSPS) is 47.8. The topological polar surface area (TPSA) is 64.4 Å². The van der Waals surface area contributed by atoms with E-state index in [9.17, 15) is 4.79 Å². The minimum Gasteiger partial charge on any atom is -0.373 e. The lowest BCUT2D eigenvalue weighted by Crippen LogP contribution is -2.51. The molecule has 2 heterocycles. The molecule has 1 amide bonds. The first-order valence-electron chi connectivity index (χ1n) is 8.42. The molecule has 4 aliphatic rings. The van der Waals surface area contributed by atoms with Crippen molar-refractivity contribution in [3.8, 4) is 0 Å². The molecule has 4 rings (SSSR count). The number of rotatable bonds is 2. The predicted molar refractivity (Wildman–Crippen MR) is 83.2 cm³/mol.